The first kappa shape index (κ1) is 28.2. The van der Waals surface area contributed by atoms with Crippen LogP contribution in [0.5, 0.6) is 11.5 Å². The number of carbonyl (C=O) groups is 2. The molecule has 3 aromatic rings. The third-order valence-corrected chi connectivity index (χ3v) is 9.24. The predicted octanol–water partition coefficient (Wildman–Crippen LogP) is 5.93. The van der Waals surface area contributed by atoms with Crippen molar-refractivity contribution in [1.29, 1.82) is 0 Å². The highest BCUT2D eigenvalue weighted by atomic mass is 19.1. The second kappa shape index (κ2) is 11.8. The van der Waals surface area contributed by atoms with E-state index in [0.717, 1.165) is 49.5 Å². The standard InChI is InChI=1S/C34H38FN3O4/c1-22-23(2)31(42-19-7-16-38-33(39)27-9-4-5-10-28(27)34(38)40)15-13-26(22)30-11-6-8-25-21-36(17-18-37(25)30)24-12-14-29(35)32(20-24)41-3/h4-5,9-10,12-15,20,25,30H,6-8,11,16-19,21H2,1-3H3. The Balaban J connectivity index is 1.08. The summed E-state index contributed by atoms with van der Waals surface area (Å²) in [7, 11) is 1.50. The zero-order valence-electron chi connectivity index (χ0n) is 24.6. The average Bonchev–Trinajstić information content (AvgIpc) is 3.26. The molecule has 2 amide bonds. The minimum atomic E-state index is -0.335. The number of amides is 2. The summed E-state index contributed by atoms with van der Waals surface area (Å²) in [6.07, 6.45) is 4.01. The number of anilines is 1. The average molecular weight is 572 g/mol. The molecule has 0 bridgehead atoms. The number of hydrogen-bond donors (Lipinski definition) is 0. The van der Waals surface area contributed by atoms with Crippen LogP contribution in [0.1, 0.15) is 69.1 Å². The lowest BCUT2D eigenvalue weighted by molar-refractivity contribution is 0.0646. The number of methoxy groups -OCH3 is 1. The number of nitrogens with zero attached hydrogens (tertiary/aromatic N) is 3. The van der Waals surface area contributed by atoms with E-state index in [2.05, 4.69) is 35.8 Å². The normalized spacial score (nSPS) is 20.5. The molecule has 0 saturated carbocycles. The minimum absolute atomic E-state index is 0.226. The number of piperazine rings is 1. The number of carbonyl (C=O) groups excluding carboxylic acids is 2. The number of halogens is 1. The SMILES string of the molecule is COc1cc(N2CCN3C(CCCC3c3ccc(OCCCN4C(=O)c5ccccc5C4=O)c(C)c3C)C2)ccc1F. The summed E-state index contributed by atoms with van der Waals surface area (Å²) in [6, 6.07) is 17.2. The van der Waals surface area contributed by atoms with Gasteiger partial charge in [0.05, 0.1) is 24.8 Å². The third-order valence-electron chi connectivity index (χ3n) is 9.24. The first-order valence-corrected chi connectivity index (χ1v) is 14.9. The molecular weight excluding hydrogens is 533 g/mol. The van der Waals surface area contributed by atoms with Gasteiger partial charge in [-0.25, -0.2) is 4.39 Å². The molecule has 3 heterocycles. The van der Waals surface area contributed by atoms with E-state index < -0.39 is 0 Å². The first-order valence-electron chi connectivity index (χ1n) is 14.9. The number of hydrogen-bond acceptors (Lipinski definition) is 6. The van der Waals surface area contributed by atoms with Crippen molar-refractivity contribution in [2.24, 2.45) is 0 Å². The Morgan fingerprint density at radius 1 is 0.905 bits per heavy atom. The maximum atomic E-state index is 14.0. The number of rotatable bonds is 8. The van der Waals surface area contributed by atoms with Crippen molar-refractivity contribution in [3.05, 3.63) is 88.2 Å². The second-order valence-corrected chi connectivity index (χ2v) is 11.5. The van der Waals surface area contributed by atoms with Gasteiger partial charge in [-0.2, -0.15) is 0 Å². The lowest BCUT2D eigenvalue weighted by Crippen LogP contribution is -2.56. The molecule has 8 heteroatoms. The van der Waals surface area contributed by atoms with E-state index in [0.29, 0.717) is 42.8 Å². The van der Waals surface area contributed by atoms with E-state index in [1.165, 1.54) is 35.6 Å². The zero-order valence-corrected chi connectivity index (χ0v) is 24.6. The molecule has 0 aliphatic carbocycles. The van der Waals surface area contributed by atoms with Crippen LogP contribution < -0.4 is 14.4 Å². The van der Waals surface area contributed by atoms with Gasteiger partial charge in [-0.15, -0.1) is 0 Å². The van der Waals surface area contributed by atoms with Crippen molar-refractivity contribution < 1.29 is 23.5 Å². The van der Waals surface area contributed by atoms with Crippen molar-refractivity contribution >= 4 is 17.5 Å². The smallest absolute Gasteiger partial charge is 0.261 e. The van der Waals surface area contributed by atoms with Crippen molar-refractivity contribution in [2.45, 2.75) is 51.6 Å². The van der Waals surface area contributed by atoms with Gasteiger partial charge in [-0.05, 0) is 86.6 Å². The molecule has 2 fully saturated rings. The molecule has 42 heavy (non-hydrogen) atoms. The highest BCUT2D eigenvalue weighted by Crippen LogP contribution is 2.40. The molecular formula is C34H38FN3O4. The van der Waals surface area contributed by atoms with E-state index in [1.807, 2.05) is 6.07 Å². The summed E-state index contributed by atoms with van der Waals surface area (Å²) in [5, 5.41) is 0. The number of fused-ring (bicyclic) bond motifs is 2. The van der Waals surface area contributed by atoms with Crippen LogP contribution in [0, 0.1) is 19.7 Å². The minimum Gasteiger partial charge on any atom is -0.494 e. The summed E-state index contributed by atoms with van der Waals surface area (Å²) in [4.78, 5) is 31.6. The van der Waals surface area contributed by atoms with Gasteiger partial charge in [0.2, 0.25) is 0 Å². The summed E-state index contributed by atoms with van der Waals surface area (Å²) < 4.78 is 25.4. The Hall–Kier alpha value is -3.91. The van der Waals surface area contributed by atoms with Crippen LogP contribution in [0.4, 0.5) is 10.1 Å². The Kier molecular flexibility index (Phi) is 7.90. The molecule has 0 N–H and O–H groups in total. The van der Waals surface area contributed by atoms with Crippen LogP contribution in [0.3, 0.4) is 0 Å². The van der Waals surface area contributed by atoms with Gasteiger partial charge in [-0.3, -0.25) is 19.4 Å². The Bertz CT molecular complexity index is 1470. The quantitative estimate of drug-likeness (QED) is 0.247. The van der Waals surface area contributed by atoms with Gasteiger partial charge in [0.15, 0.2) is 11.6 Å². The molecule has 2 atom stereocenters. The number of piperidine rings is 1. The van der Waals surface area contributed by atoms with Crippen LogP contribution in [-0.4, -0.2) is 67.6 Å². The molecule has 3 aromatic carbocycles. The van der Waals surface area contributed by atoms with Gasteiger partial charge >= 0.3 is 0 Å². The van der Waals surface area contributed by atoms with E-state index >= 15 is 0 Å². The first-order chi connectivity index (χ1) is 20.4. The highest BCUT2D eigenvalue weighted by molar-refractivity contribution is 6.21. The van der Waals surface area contributed by atoms with Crippen LogP contribution >= 0.6 is 0 Å². The molecule has 7 nitrogen and oxygen atoms in total. The molecule has 0 radical (unpaired) electrons. The van der Waals surface area contributed by atoms with Crippen molar-refractivity contribution in [2.75, 3.05) is 44.8 Å². The largest absolute Gasteiger partial charge is 0.494 e. The summed E-state index contributed by atoms with van der Waals surface area (Å²) in [6.45, 7) is 7.80. The van der Waals surface area contributed by atoms with Crippen molar-refractivity contribution in [1.82, 2.24) is 9.80 Å². The van der Waals surface area contributed by atoms with Crippen LogP contribution in [0.15, 0.2) is 54.6 Å². The van der Waals surface area contributed by atoms with Crippen LogP contribution in [-0.2, 0) is 0 Å². The van der Waals surface area contributed by atoms with Crippen molar-refractivity contribution in [3.8, 4) is 11.5 Å². The monoisotopic (exact) mass is 571 g/mol. The van der Waals surface area contributed by atoms with E-state index in [-0.39, 0.29) is 23.4 Å². The maximum absolute atomic E-state index is 14.0. The molecule has 0 aromatic heterocycles. The van der Waals surface area contributed by atoms with Gasteiger partial charge in [0.1, 0.15) is 5.75 Å². The van der Waals surface area contributed by atoms with E-state index in [9.17, 15) is 14.0 Å². The molecule has 0 spiro atoms. The zero-order chi connectivity index (χ0) is 29.4. The molecule has 3 aliphatic heterocycles. The molecule has 220 valence electrons. The number of benzene rings is 3. The van der Waals surface area contributed by atoms with Crippen molar-refractivity contribution in [3.63, 3.8) is 0 Å². The molecule has 2 saturated heterocycles. The Morgan fingerprint density at radius 2 is 1.67 bits per heavy atom. The van der Waals surface area contributed by atoms with E-state index in [1.54, 1.807) is 30.3 Å². The lowest BCUT2D eigenvalue weighted by atomic mass is 9.86. The fourth-order valence-electron chi connectivity index (χ4n) is 6.84. The lowest BCUT2D eigenvalue weighted by Gasteiger charge is -2.49. The van der Waals surface area contributed by atoms with Gasteiger partial charge in [0.25, 0.3) is 11.8 Å². The number of imide groups is 1. The fraction of sp³-hybridized carbons (Fsp3) is 0.412. The highest BCUT2D eigenvalue weighted by Gasteiger charge is 2.37. The van der Waals surface area contributed by atoms with Crippen LogP contribution in [0.2, 0.25) is 0 Å². The summed E-state index contributed by atoms with van der Waals surface area (Å²) in [5.74, 6) is 0.347. The Labute approximate surface area is 246 Å². The molecule has 3 aliphatic rings. The van der Waals surface area contributed by atoms with Crippen LogP contribution in [0.25, 0.3) is 0 Å². The number of ether oxygens (including phenoxy) is 2. The summed E-state index contributed by atoms with van der Waals surface area (Å²) >= 11 is 0. The predicted molar refractivity (Wildman–Crippen MR) is 160 cm³/mol. The topological polar surface area (TPSA) is 62.3 Å². The Morgan fingerprint density at radius 3 is 2.40 bits per heavy atom. The fourth-order valence-corrected chi connectivity index (χ4v) is 6.84. The molecule has 2 unspecified atom stereocenters. The third kappa shape index (κ3) is 5.13. The van der Waals surface area contributed by atoms with Gasteiger partial charge in [0, 0.05) is 50.0 Å². The second-order valence-electron chi connectivity index (χ2n) is 11.5. The van der Waals surface area contributed by atoms with Gasteiger partial charge < -0.3 is 14.4 Å². The summed E-state index contributed by atoms with van der Waals surface area (Å²) in [5.41, 5.74) is 5.70. The molecule has 6 rings (SSSR count). The maximum Gasteiger partial charge on any atom is 0.261 e. The van der Waals surface area contributed by atoms with E-state index in [4.69, 9.17) is 9.47 Å². The van der Waals surface area contributed by atoms with Gasteiger partial charge in [-0.1, -0.05) is 18.2 Å².